The van der Waals surface area contributed by atoms with Crippen molar-refractivity contribution in [3.05, 3.63) is 41.7 Å². The Labute approximate surface area is 118 Å². The summed E-state index contributed by atoms with van der Waals surface area (Å²) in [7, 11) is 5.03. The molecule has 1 N–H and O–H groups in total. The molecule has 5 nitrogen and oxygen atoms in total. The van der Waals surface area contributed by atoms with Gasteiger partial charge >= 0.3 is 0 Å². The van der Waals surface area contributed by atoms with Gasteiger partial charge in [0.25, 0.3) is 0 Å². The molecule has 0 fully saturated rings. The molecule has 1 atom stereocenters. The molecule has 20 heavy (non-hydrogen) atoms. The number of hydrogen-bond donors (Lipinski definition) is 1. The maximum Gasteiger partial charge on any atom is 0.160 e. The lowest BCUT2D eigenvalue weighted by molar-refractivity contribution is 0.0575. The van der Waals surface area contributed by atoms with E-state index >= 15 is 0 Å². The first-order chi connectivity index (χ1) is 9.46. The summed E-state index contributed by atoms with van der Waals surface area (Å²) in [6.45, 7) is 1.78. The number of aromatic nitrogens is 2. The minimum absolute atomic E-state index is 0.471. The van der Waals surface area contributed by atoms with Crippen molar-refractivity contribution in [1.82, 2.24) is 9.78 Å². The van der Waals surface area contributed by atoms with Crippen molar-refractivity contribution >= 4 is 0 Å². The minimum Gasteiger partial charge on any atom is -0.493 e. The molecule has 0 radical (unpaired) electrons. The second kappa shape index (κ2) is 5.54. The molecule has 0 saturated heterocycles. The summed E-state index contributed by atoms with van der Waals surface area (Å²) in [5, 5.41) is 14.7. The summed E-state index contributed by atoms with van der Waals surface area (Å²) in [6, 6.07) is 5.64. The lowest BCUT2D eigenvalue weighted by Gasteiger charge is -2.22. The molecule has 2 rings (SSSR count). The largest absolute Gasteiger partial charge is 0.493 e. The van der Waals surface area contributed by atoms with Crippen molar-refractivity contribution in [3.8, 4) is 11.5 Å². The maximum absolute atomic E-state index is 10.6. The summed E-state index contributed by atoms with van der Waals surface area (Å²) in [5.74, 6) is 1.34. The Morgan fingerprint density at radius 2 is 1.95 bits per heavy atom. The van der Waals surface area contributed by atoms with E-state index in [1.54, 1.807) is 32.0 Å². The topological polar surface area (TPSA) is 56.5 Å². The molecule has 5 heteroatoms. The lowest BCUT2D eigenvalue weighted by atomic mass is 9.91. The molecule has 0 aliphatic heterocycles. The Kier molecular flexibility index (Phi) is 3.99. The Morgan fingerprint density at radius 1 is 1.25 bits per heavy atom. The van der Waals surface area contributed by atoms with Crippen molar-refractivity contribution in [2.45, 2.75) is 18.9 Å². The van der Waals surface area contributed by atoms with E-state index in [2.05, 4.69) is 5.10 Å². The molecular weight excluding hydrogens is 256 g/mol. The zero-order chi connectivity index (χ0) is 14.8. The van der Waals surface area contributed by atoms with Crippen molar-refractivity contribution in [3.63, 3.8) is 0 Å². The highest BCUT2D eigenvalue weighted by Gasteiger charge is 2.25. The summed E-state index contributed by atoms with van der Waals surface area (Å²) in [4.78, 5) is 0. The average molecular weight is 276 g/mol. The van der Waals surface area contributed by atoms with E-state index in [-0.39, 0.29) is 0 Å². The van der Waals surface area contributed by atoms with Gasteiger partial charge in [0.15, 0.2) is 11.5 Å². The molecule has 1 aromatic heterocycles. The smallest absolute Gasteiger partial charge is 0.160 e. The van der Waals surface area contributed by atoms with Crippen LogP contribution in [0.25, 0.3) is 0 Å². The zero-order valence-corrected chi connectivity index (χ0v) is 12.3. The number of hydrogen-bond acceptors (Lipinski definition) is 4. The molecule has 1 unspecified atom stereocenters. The van der Waals surface area contributed by atoms with Crippen molar-refractivity contribution in [1.29, 1.82) is 0 Å². The van der Waals surface area contributed by atoms with Gasteiger partial charge in [-0.2, -0.15) is 5.10 Å². The number of aliphatic hydroxyl groups is 1. The van der Waals surface area contributed by atoms with Crippen LogP contribution in [0.2, 0.25) is 0 Å². The van der Waals surface area contributed by atoms with E-state index < -0.39 is 5.60 Å². The maximum atomic E-state index is 10.6. The first kappa shape index (κ1) is 14.4. The van der Waals surface area contributed by atoms with E-state index in [0.717, 1.165) is 11.1 Å². The third kappa shape index (κ3) is 2.93. The number of ether oxygens (including phenoxy) is 2. The van der Waals surface area contributed by atoms with Crippen molar-refractivity contribution < 1.29 is 14.6 Å². The van der Waals surface area contributed by atoms with Gasteiger partial charge in [0, 0.05) is 25.2 Å². The highest BCUT2D eigenvalue weighted by molar-refractivity contribution is 5.43. The number of nitrogens with zero attached hydrogens (tertiary/aromatic N) is 2. The third-order valence-corrected chi connectivity index (χ3v) is 3.32. The molecule has 0 amide bonds. The molecule has 2 aromatic rings. The van der Waals surface area contributed by atoms with Gasteiger partial charge in [-0.3, -0.25) is 4.68 Å². The standard InChI is InChI=1S/C15H20N2O3/c1-15(18,12-9-16-17(2)10-12)8-11-5-6-13(19-3)14(7-11)20-4/h5-7,9-10,18H,8H2,1-4H3. The Morgan fingerprint density at radius 3 is 2.50 bits per heavy atom. The van der Waals surface area contributed by atoms with Crippen LogP contribution in [-0.2, 0) is 19.1 Å². The van der Waals surface area contributed by atoms with Crippen LogP contribution in [-0.4, -0.2) is 29.1 Å². The number of benzene rings is 1. The van der Waals surface area contributed by atoms with Crippen molar-refractivity contribution in [2.75, 3.05) is 14.2 Å². The predicted molar refractivity (Wildman–Crippen MR) is 76.0 cm³/mol. The lowest BCUT2D eigenvalue weighted by Crippen LogP contribution is -2.23. The van der Waals surface area contributed by atoms with E-state index in [9.17, 15) is 5.11 Å². The van der Waals surface area contributed by atoms with Gasteiger partial charge in [-0.15, -0.1) is 0 Å². The van der Waals surface area contributed by atoms with Gasteiger partial charge in [-0.1, -0.05) is 6.07 Å². The first-order valence-corrected chi connectivity index (χ1v) is 6.38. The fourth-order valence-corrected chi connectivity index (χ4v) is 2.19. The van der Waals surface area contributed by atoms with E-state index in [1.807, 2.05) is 31.4 Å². The third-order valence-electron chi connectivity index (χ3n) is 3.32. The van der Waals surface area contributed by atoms with Gasteiger partial charge in [0.05, 0.1) is 26.0 Å². The molecule has 0 bridgehead atoms. The zero-order valence-electron chi connectivity index (χ0n) is 12.3. The van der Waals surface area contributed by atoms with Crippen LogP contribution in [0.1, 0.15) is 18.1 Å². The van der Waals surface area contributed by atoms with Gasteiger partial charge in [0.1, 0.15) is 0 Å². The molecule has 0 spiro atoms. The fraction of sp³-hybridized carbons (Fsp3) is 0.400. The van der Waals surface area contributed by atoms with Crippen LogP contribution >= 0.6 is 0 Å². The summed E-state index contributed by atoms with van der Waals surface area (Å²) in [5.41, 5.74) is 0.778. The van der Waals surface area contributed by atoms with Crippen LogP contribution in [0.4, 0.5) is 0 Å². The molecule has 1 heterocycles. The summed E-state index contributed by atoms with van der Waals surface area (Å²) < 4.78 is 12.2. The molecule has 0 aliphatic carbocycles. The van der Waals surface area contributed by atoms with Crippen LogP contribution in [0.3, 0.4) is 0 Å². The van der Waals surface area contributed by atoms with Crippen LogP contribution in [0.5, 0.6) is 11.5 Å². The average Bonchev–Trinajstić information content (AvgIpc) is 2.85. The SMILES string of the molecule is COc1ccc(CC(C)(O)c2cnn(C)c2)cc1OC. The monoisotopic (exact) mass is 276 g/mol. The van der Waals surface area contributed by atoms with Crippen LogP contribution < -0.4 is 9.47 Å². The Hall–Kier alpha value is -2.01. The minimum atomic E-state index is -0.978. The van der Waals surface area contributed by atoms with Gasteiger partial charge in [0.2, 0.25) is 0 Å². The molecule has 1 aromatic carbocycles. The highest BCUT2D eigenvalue weighted by Crippen LogP contribution is 2.31. The van der Waals surface area contributed by atoms with E-state index in [4.69, 9.17) is 9.47 Å². The van der Waals surface area contributed by atoms with Crippen molar-refractivity contribution in [2.24, 2.45) is 7.05 Å². The van der Waals surface area contributed by atoms with Gasteiger partial charge in [-0.25, -0.2) is 0 Å². The highest BCUT2D eigenvalue weighted by atomic mass is 16.5. The molecule has 0 saturated carbocycles. The Balaban J connectivity index is 2.25. The number of methoxy groups -OCH3 is 2. The Bertz CT molecular complexity index is 591. The van der Waals surface area contributed by atoms with E-state index in [0.29, 0.717) is 17.9 Å². The summed E-state index contributed by atoms with van der Waals surface area (Å²) in [6.07, 6.45) is 3.97. The predicted octanol–water partition coefficient (Wildman–Crippen LogP) is 1.89. The van der Waals surface area contributed by atoms with E-state index in [1.165, 1.54) is 0 Å². The second-order valence-corrected chi connectivity index (χ2v) is 5.04. The first-order valence-electron chi connectivity index (χ1n) is 6.38. The number of rotatable bonds is 5. The van der Waals surface area contributed by atoms with Crippen LogP contribution in [0, 0.1) is 0 Å². The number of aryl methyl sites for hydroxylation is 1. The molecule has 108 valence electrons. The fourth-order valence-electron chi connectivity index (χ4n) is 2.19. The molecular formula is C15H20N2O3. The van der Waals surface area contributed by atoms with Crippen LogP contribution in [0.15, 0.2) is 30.6 Å². The molecule has 0 aliphatic rings. The van der Waals surface area contributed by atoms with Gasteiger partial charge in [-0.05, 0) is 24.6 Å². The summed E-state index contributed by atoms with van der Waals surface area (Å²) >= 11 is 0. The normalized spacial score (nSPS) is 13.8. The van der Waals surface area contributed by atoms with Gasteiger partial charge < -0.3 is 14.6 Å². The quantitative estimate of drug-likeness (QED) is 0.906. The second-order valence-electron chi connectivity index (χ2n) is 5.04.